The summed E-state index contributed by atoms with van der Waals surface area (Å²) >= 11 is 0. The monoisotopic (exact) mass is 966 g/mol. The molecule has 2 N–H and O–H groups in total. The molecule has 1 saturated carbocycles. The molecule has 0 spiro atoms. The Morgan fingerprint density at radius 3 is 2.32 bits per heavy atom. The number of hydrogen-bond acceptors (Lipinski definition) is 15. The summed E-state index contributed by atoms with van der Waals surface area (Å²) in [5.41, 5.74) is 1.27. The molecule has 2 unspecified atom stereocenters. The van der Waals surface area contributed by atoms with Crippen LogP contribution in [0.1, 0.15) is 132 Å². The van der Waals surface area contributed by atoms with Gasteiger partial charge in [0.2, 0.25) is 5.79 Å². The fraction of sp³-hybridized carbons (Fsp3) is 0.731. The topological polar surface area (TPSA) is 219 Å². The number of aromatic nitrogens is 4. The third-order valence-corrected chi connectivity index (χ3v) is 15.1. The summed E-state index contributed by atoms with van der Waals surface area (Å²) in [5.74, 6) is -7.94. The van der Waals surface area contributed by atoms with E-state index in [2.05, 4.69) is 15.4 Å². The first-order chi connectivity index (χ1) is 32.8. The van der Waals surface area contributed by atoms with E-state index in [1.807, 2.05) is 58.1 Å². The van der Waals surface area contributed by atoms with Crippen LogP contribution in [0, 0.1) is 35.5 Å². The maximum atomic E-state index is 14.5. The summed E-state index contributed by atoms with van der Waals surface area (Å²) in [7, 11) is 4.61. The van der Waals surface area contributed by atoms with Crippen molar-refractivity contribution < 1.29 is 57.9 Å². The van der Waals surface area contributed by atoms with Crippen LogP contribution in [0.25, 0.3) is 0 Å². The van der Waals surface area contributed by atoms with Crippen LogP contribution < -0.4 is 0 Å². The maximum Gasteiger partial charge on any atom is 0.329 e. The summed E-state index contributed by atoms with van der Waals surface area (Å²) < 4.78 is 29.9. The first-order valence-corrected chi connectivity index (χ1v) is 25.0. The van der Waals surface area contributed by atoms with Crippen LogP contribution in [0.5, 0.6) is 0 Å². The number of ketones is 3. The van der Waals surface area contributed by atoms with Crippen LogP contribution in [0.4, 0.5) is 0 Å². The van der Waals surface area contributed by atoms with E-state index in [0.29, 0.717) is 56.9 Å². The summed E-state index contributed by atoms with van der Waals surface area (Å²) in [6.45, 7) is 12.8. The number of carbonyl (C=O) groups excluding carboxylic acids is 5. The van der Waals surface area contributed by atoms with Gasteiger partial charge in [0.05, 0.1) is 24.4 Å². The molecule has 17 nitrogen and oxygen atoms in total. The molecular weight excluding hydrogens is 887 g/mol. The molecule has 1 aliphatic carbocycles. The molecule has 15 atom stereocenters. The highest BCUT2D eigenvalue weighted by atomic mass is 16.6. The molecule has 3 aliphatic heterocycles. The summed E-state index contributed by atoms with van der Waals surface area (Å²) in [5, 5.41) is 35.7. The van der Waals surface area contributed by atoms with Crippen LogP contribution in [0.3, 0.4) is 0 Å². The molecule has 1 aromatic rings. The Hall–Kier alpha value is -4.26. The van der Waals surface area contributed by atoms with Crippen molar-refractivity contribution >= 4 is 29.2 Å². The van der Waals surface area contributed by atoms with Gasteiger partial charge in [-0.2, -0.15) is 4.80 Å². The molecular formula is C52H79N5O12. The van der Waals surface area contributed by atoms with Gasteiger partial charge in [-0.3, -0.25) is 19.2 Å². The van der Waals surface area contributed by atoms with Crippen LogP contribution in [-0.4, -0.2) is 141 Å². The van der Waals surface area contributed by atoms with Crippen LogP contribution in [0.15, 0.2) is 53.9 Å². The Morgan fingerprint density at radius 2 is 1.64 bits per heavy atom. The number of cyclic esters (lactones) is 1. The second-order valence-electron chi connectivity index (χ2n) is 20.3. The standard InChI is InChI=1S/C52H79N5O12/c1-31-16-12-11-13-17-32(2)43(65-8)28-39-21-19-37(7)52(64,69-39)49(61)50(62)56-23-15-14-18-41(56)51(63)68-44(34(4)26-38-20-22-40(45(27-38)66-9)57-54-30-53-55-57)29-42(58)33(3)25-36(6)47(60)48(67-10)46(59)35(5)24-31/h11-13,16-17,25,30-31,33-35,37-41,43-45,47-48,60,64H,14-15,18-24,26-29H2,1-10H3/b13-11?,16-12+,32-17?,36-25+/t31-,33-,34-,35-,37?,38+,39+,40+,41+,43+,44+,45-,47-,48+,52?/m1/s1. The SMILES string of the molecule is CO[C@H]1C[C@@H]2CCC(C)C(O)(O2)C(=O)C(=O)N2CCCC[C@H]2C(=O)O[C@H]([C@H](C)C[C@@H]2CC[C@H](n3ncnn3)[C@H](OC)C2)CC(=O)[C@H](C)/C=C(\C)[C@@H](O)[C@@H](OC)C(=O)[C@H](C)C[C@H](C)/C=C/C=CC=C1C. The number of nitrogens with zero attached hydrogens (tertiary/aromatic N) is 5. The van der Waals surface area contributed by atoms with Crippen molar-refractivity contribution in [1.82, 2.24) is 25.1 Å². The Bertz CT molecular complexity index is 2020. The molecule has 17 heteroatoms. The number of hydrogen-bond donors (Lipinski definition) is 2. The minimum atomic E-state index is -2.43. The van der Waals surface area contributed by atoms with Crippen LogP contribution >= 0.6 is 0 Å². The molecule has 2 bridgehead atoms. The number of fused-ring (bicyclic) bond motifs is 3. The van der Waals surface area contributed by atoms with Crippen molar-refractivity contribution in [2.45, 2.75) is 180 Å². The van der Waals surface area contributed by atoms with Gasteiger partial charge in [0, 0.05) is 58.5 Å². The van der Waals surface area contributed by atoms with Gasteiger partial charge in [0.15, 0.2) is 12.1 Å². The van der Waals surface area contributed by atoms with Gasteiger partial charge in [-0.1, -0.05) is 71.1 Å². The lowest BCUT2D eigenvalue weighted by Crippen LogP contribution is -2.61. The molecule has 384 valence electrons. The number of esters is 1. The first kappa shape index (κ1) is 55.7. The molecule has 4 aliphatic rings. The lowest BCUT2D eigenvalue weighted by molar-refractivity contribution is -0.265. The lowest BCUT2D eigenvalue weighted by Gasteiger charge is -2.42. The third-order valence-electron chi connectivity index (χ3n) is 15.1. The van der Waals surface area contributed by atoms with Gasteiger partial charge >= 0.3 is 5.97 Å². The number of aliphatic hydroxyl groups excluding tert-OH is 1. The smallest absolute Gasteiger partial charge is 0.329 e. The first-order valence-electron chi connectivity index (χ1n) is 25.0. The highest BCUT2D eigenvalue weighted by Crippen LogP contribution is 2.39. The van der Waals surface area contributed by atoms with Gasteiger partial charge in [0.25, 0.3) is 11.7 Å². The second-order valence-corrected chi connectivity index (χ2v) is 20.3. The van der Waals surface area contributed by atoms with Gasteiger partial charge in [-0.05, 0) is 112 Å². The van der Waals surface area contributed by atoms with Crippen LogP contribution in [0.2, 0.25) is 0 Å². The summed E-state index contributed by atoms with van der Waals surface area (Å²) in [6, 6.07) is -1.24. The third kappa shape index (κ3) is 14.2. The number of Topliss-reactive ketones (excluding diaryl/α,β-unsaturated/α-hetero) is 3. The number of methoxy groups -OCH3 is 3. The van der Waals surface area contributed by atoms with Crippen molar-refractivity contribution in [3.63, 3.8) is 0 Å². The van der Waals surface area contributed by atoms with Gasteiger partial charge in [0.1, 0.15) is 30.1 Å². The molecule has 69 heavy (non-hydrogen) atoms. The Labute approximate surface area is 408 Å². The normalized spacial score (nSPS) is 37.5. The summed E-state index contributed by atoms with van der Waals surface area (Å²) in [6.07, 6.45) is 13.7. The fourth-order valence-electron chi connectivity index (χ4n) is 10.7. The maximum absolute atomic E-state index is 14.5. The fourth-order valence-corrected chi connectivity index (χ4v) is 10.7. The average molecular weight is 966 g/mol. The zero-order valence-corrected chi connectivity index (χ0v) is 42.5. The number of aliphatic hydroxyl groups is 2. The number of carbonyl (C=O) groups is 5. The number of amides is 1. The van der Waals surface area contributed by atoms with E-state index in [4.69, 9.17) is 23.7 Å². The molecule has 4 heterocycles. The zero-order valence-electron chi connectivity index (χ0n) is 42.5. The highest BCUT2D eigenvalue weighted by molar-refractivity contribution is 6.39. The van der Waals surface area contributed by atoms with E-state index < -0.39 is 77.8 Å². The van der Waals surface area contributed by atoms with Gasteiger partial charge < -0.3 is 38.8 Å². The second kappa shape index (κ2) is 25.7. The zero-order chi connectivity index (χ0) is 50.6. The Kier molecular flexibility index (Phi) is 20.8. The number of allylic oxidation sites excluding steroid dienone is 6. The molecule has 1 aromatic heterocycles. The molecule has 3 fully saturated rings. The molecule has 1 amide bonds. The Balaban J connectivity index is 1.46. The minimum Gasteiger partial charge on any atom is -0.460 e. The van der Waals surface area contributed by atoms with E-state index in [9.17, 15) is 34.2 Å². The number of tetrazole rings is 1. The van der Waals surface area contributed by atoms with E-state index in [-0.39, 0.29) is 60.9 Å². The van der Waals surface area contributed by atoms with Crippen molar-refractivity contribution in [3.05, 3.63) is 53.9 Å². The molecule has 2 saturated heterocycles. The largest absolute Gasteiger partial charge is 0.460 e. The Morgan fingerprint density at radius 1 is 0.884 bits per heavy atom. The van der Waals surface area contributed by atoms with E-state index in [1.54, 1.807) is 45.9 Å². The van der Waals surface area contributed by atoms with Crippen molar-refractivity contribution in [3.8, 4) is 0 Å². The number of ether oxygens (including phenoxy) is 5. The molecule has 0 aromatic carbocycles. The van der Waals surface area contributed by atoms with Gasteiger partial charge in [-0.15, -0.1) is 10.2 Å². The predicted molar refractivity (Wildman–Crippen MR) is 256 cm³/mol. The number of rotatable bonds is 7. The van der Waals surface area contributed by atoms with Crippen molar-refractivity contribution in [2.75, 3.05) is 27.9 Å². The summed E-state index contributed by atoms with van der Waals surface area (Å²) in [4.78, 5) is 73.9. The van der Waals surface area contributed by atoms with E-state index in [1.165, 1.54) is 18.3 Å². The molecule has 5 rings (SSSR count). The van der Waals surface area contributed by atoms with Gasteiger partial charge in [-0.25, -0.2) is 4.79 Å². The van der Waals surface area contributed by atoms with Crippen molar-refractivity contribution in [1.29, 1.82) is 0 Å². The predicted octanol–water partition coefficient (Wildman–Crippen LogP) is 6.05. The number of piperidine rings is 1. The van der Waals surface area contributed by atoms with Crippen molar-refractivity contribution in [2.24, 2.45) is 35.5 Å². The van der Waals surface area contributed by atoms with E-state index in [0.717, 1.165) is 18.4 Å². The van der Waals surface area contributed by atoms with Crippen LogP contribution in [-0.2, 0) is 47.7 Å². The lowest BCUT2D eigenvalue weighted by atomic mass is 9.77. The quantitative estimate of drug-likeness (QED) is 0.181. The minimum absolute atomic E-state index is 0.0168. The van der Waals surface area contributed by atoms with E-state index >= 15 is 0 Å². The average Bonchev–Trinajstić information content (AvgIpc) is 3.88. The highest BCUT2D eigenvalue weighted by Gasteiger charge is 2.53. The molecule has 0 radical (unpaired) electrons.